The van der Waals surface area contributed by atoms with Crippen LogP contribution < -0.4 is 4.90 Å². The average molecular weight is 357 g/mol. The van der Waals surface area contributed by atoms with E-state index in [1.54, 1.807) is 12.3 Å². The van der Waals surface area contributed by atoms with Crippen LogP contribution in [-0.4, -0.2) is 16.8 Å². The van der Waals surface area contributed by atoms with Crippen LogP contribution in [0.25, 0.3) is 10.9 Å². The smallest absolute Gasteiger partial charge is 0.238 e. The van der Waals surface area contributed by atoms with Gasteiger partial charge in [0.25, 0.3) is 0 Å². The zero-order chi connectivity index (χ0) is 15.3. The van der Waals surface area contributed by atoms with Crippen molar-refractivity contribution in [2.45, 2.75) is 12.8 Å². The summed E-state index contributed by atoms with van der Waals surface area (Å²) < 4.78 is 0.900. The van der Waals surface area contributed by atoms with Crippen LogP contribution in [0.5, 0.6) is 0 Å². The SMILES string of the molecule is O=C1[C@H]2CC=CC[C@@H]2C(=O)N1c1ccc(Br)c2cccnc12. The number of pyridine rings is 1. The highest BCUT2D eigenvalue weighted by Crippen LogP contribution is 2.40. The number of halogens is 1. The van der Waals surface area contributed by atoms with Crippen molar-refractivity contribution in [2.24, 2.45) is 11.8 Å². The van der Waals surface area contributed by atoms with Gasteiger partial charge < -0.3 is 0 Å². The number of hydrogen-bond donors (Lipinski definition) is 0. The molecule has 0 unspecified atom stereocenters. The number of fused-ring (bicyclic) bond motifs is 2. The predicted molar refractivity (Wildman–Crippen MR) is 87.3 cm³/mol. The summed E-state index contributed by atoms with van der Waals surface area (Å²) in [6, 6.07) is 7.42. The molecule has 1 aliphatic heterocycles. The molecule has 0 bridgehead atoms. The minimum absolute atomic E-state index is 0.103. The Morgan fingerprint density at radius 1 is 1.05 bits per heavy atom. The number of aromatic nitrogens is 1. The van der Waals surface area contributed by atoms with Crippen LogP contribution in [0.1, 0.15) is 12.8 Å². The Morgan fingerprint density at radius 2 is 1.73 bits per heavy atom. The maximum Gasteiger partial charge on any atom is 0.238 e. The fourth-order valence-electron chi connectivity index (χ4n) is 3.34. The lowest BCUT2D eigenvalue weighted by molar-refractivity contribution is -0.122. The summed E-state index contributed by atoms with van der Waals surface area (Å²) in [5.74, 6) is -0.651. The molecule has 2 aromatic rings. The van der Waals surface area contributed by atoms with Crippen molar-refractivity contribution in [3.63, 3.8) is 0 Å². The Hall–Kier alpha value is -2.01. The maximum atomic E-state index is 12.7. The number of allylic oxidation sites excluding steroid dienone is 2. The molecule has 2 atom stereocenters. The lowest BCUT2D eigenvalue weighted by Gasteiger charge is -2.17. The monoisotopic (exact) mass is 356 g/mol. The van der Waals surface area contributed by atoms with Gasteiger partial charge in [0.2, 0.25) is 11.8 Å². The highest BCUT2D eigenvalue weighted by atomic mass is 79.9. The lowest BCUT2D eigenvalue weighted by atomic mass is 9.85. The maximum absolute atomic E-state index is 12.7. The summed E-state index contributed by atoms with van der Waals surface area (Å²) in [7, 11) is 0. The van der Waals surface area contributed by atoms with Crippen LogP contribution in [0.3, 0.4) is 0 Å². The van der Waals surface area contributed by atoms with E-state index in [1.165, 1.54) is 4.90 Å². The summed E-state index contributed by atoms with van der Waals surface area (Å²) in [4.78, 5) is 31.1. The first-order valence-electron chi connectivity index (χ1n) is 7.24. The van der Waals surface area contributed by atoms with Gasteiger partial charge in [0, 0.05) is 16.1 Å². The van der Waals surface area contributed by atoms with E-state index in [2.05, 4.69) is 20.9 Å². The van der Waals surface area contributed by atoms with E-state index in [0.29, 0.717) is 24.0 Å². The second kappa shape index (κ2) is 5.02. The van der Waals surface area contributed by atoms with Crippen LogP contribution in [0.15, 0.2) is 47.1 Å². The quantitative estimate of drug-likeness (QED) is 0.580. The number of amides is 2. The highest BCUT2D eigenvalue weighted by molar-refractivity contribution is 9.10. The van der Waals surface area contributed by atoms with Gasteiger partial charge >= 0.3 is 0 Å². The number of hydrogen-bond acceptors (Lipinski definition) is 3. The summed E-state index contributed by atoms with van der Waals surface area (Å²) in [5, 5.41) is 0.897. The average Bonchev–Trinajstić information content (AvgIpc) is 2.81. The van der Waals surface area contributed by atoms with Crippen LogP contribution in [0.2, 0.25) is 0 Å². The molecule has 0 N–H and O–H groups in total. The van der Waals surface area contributed by atoms with Gasteiger partial charge in [-0.15, -0.1) is 0 Å². The molecule has 2 heterocycles. The standard InChI is InChI=1S/C17H13BrN2O2/c18-13-7-8-14(15-12(13)6-3-9-19-15)20-16(21)10-4-1-2-5-11(10)17(20)22/h1-3,6-11H,4-5H2/t10-,11-/m0/s1. The van der Waals surface area contributed by atoms with E-state index in [1.807, 2.05) is 30.4 Å². The second-order valence-corrected chi connectivity index (χ2v) is 6.49. The van der Waals surface area contributed by atoms with Crippen LogP contribution in [0, 0.1) is 11.8 Å². The molecular formula is C17H13BrN2O2. The van der Waals surface area contributed by atoms with Gasteiger partial charge in [-0.2, -0.15) is 0 Å². The van der Waals surface area contributed by atoms with Crippen molar-refractivity contribution < 1.29 is 9.59 Å². The number of imide groups is 1. The summed E-state index contributed by atoms with van der Waals surface area (Å²) in [6.45, 7) is 0. The minimum atomic E-state index is -0.222. The largest absolute Gasteiger partial charge is 0.274 e. The number of carbonyl (C=O) groups excluding carboxylic acids is 2. The molecule has 2 amide bonds. The number of anilines is 1. The lowest BCUT2D eigenvalue weighted by Crippen LogP contribution is -2.31. The predicted octanol–water partition coefficient (Wildman–Crippen LogP) is 3.45. The van der Waals surface area contributed by atoms with E-state index in [4.69, 9.17) is 0 Å². The van der Waals surface area contributed by atoms with Crippen LogP contribution >= 0.6 is 15.9 Å². The molecular weight excluding hydrogens is 344 g/mol. The fourth-order valence-corrected chi connectivity index (χ4v) is 3.79. The van der Waals surface area contributed by atoms with Crippen molar-refractivity contribution >= 4 is 44.3 Å². The fraction of sp³-hybridized carbons (Fsp3) is 0.235. The van der Waals surface area contributed by atoms with Gasteiger partial charge in [0.1, 0.15) is 0 Å². The first-order valence-corrected chi connectivity index (χ1v) is 8.04. The highest BCUT2D eigenvalue weighted by Gasteiger charge is 2.48. The van der Waals surface area contributed by atoms with E-state index in [0.717, 1.165) is 9.86 Å². The van der Waals surface area contributed by atoms with E-state index in [-0.39, 0.29) is 23.7 Å². The van der Waals surface area contributed by atoms with Gasteiger partial charge in [0.05, 0.1) is 23.0 Å². The Morgan fingerprint density at radius 3 is 2.41 bits per heavy atom. The van der Waals surface area contributed by atoms with Gasteiger partial charge in [0.15, 0.2) is 0 Å². The molecule has 5 heteroatoms. The third-order valence-corrected chi connectivity index (χ3v) is 5.14. The molecule has 0 saturated carbocycles. The molecule has 4 nitrogen and oxygen atoms in total. The molecule has 1 aliphatic carbocycles. The van der Waals surface area contributed by atoms with E-state index in [9.17, 15) is 9.59 Å². The summed E-state index contributed by atoms with van der Waals surface area (Å²) in [5.41, 5.74) is 1.26. The number of carbonyl (C=O) groups is 2. The Balaban J connectivity index is 1.88. The zero-order valence-corrected chi connectivity index (χ0v) is 13.3. The van der Waals surface area contributed by atoms with E-state index >= 15 is 0 Å². The third kappa shape index (κ3) is 1.85. The molecule has 4 rings (SSSR count). The zero-order valence-electron chi connectivity index (χ0n) is 11.7. The van der Waals surface area contributed by atoms with Gasteiger partial charge in [-0.3, -0.25) is 14.6 Å². The molecule has 1 aromatic carbocycles. The molecule has 0 spiro atoms. The van der Waals surface area contributed by atoms with Gasteiger partial charge in [-0.25, -0.2) is 4.90 Å². The summed E-state index contributed by atoms with van der Waals surface area (Å²) in [6.07, 6.45) is 6.96. The number of nitrogens with zero attached hydrogens (tertiary/aromatic N) is 2. The van der Waals surface area contributed by atoms with Crippen molar-refractivity contribution in [1.82, 2.24) is 4.98 Å². The summed E-state index contributed by atoms with van der Waals surface area (Å²) >= 11 is 3.49. The van der Waals surface area contributed by atoms with Crippen molar-refractivity contribution in [1.29, 1.82) is 0 Å². The molecule has 1 aromatic heterocycles. The van der Waals surface area contributed by atoms with Crippen LogP contribution in [0.4, 0.5) is 5.69 Å². The molecule has 22 heavy (non-hydrogen) atoms. The van der Waals surface area contributed by atoms with Crippen molar-refractivity contribution in [3.05, 3.63) is 47.1 Å². The molecule has 2 aliphatic rings. The number of benzene rings is 1. The first-order chi connectivity index (χ1) is 10.7. The minimum Gasteiger partial charge on any atom is -0.274 e. The number of rotatable bonds is 1. The first kappa shape index (κ1) is 13.6. The molecule has 1 fully saturated rings. The Labute approximate surface area is 136 Å². The second-order valence-electron chi connectivity index (χ2n) is 5.63. The van der Waals surface area contributed by atoms with Gasteiger partial charge in [-0.1, -0.05) is 34.1 Å². The van der Waals surface area contributed by atoms with Gasteiger partial charge in [-0.05, 0) is 31.0 Å². The van der Waals surface area contributed by atoms with Crippen molar-refractivity contribution in [2.75, 3.05) is 4.90 Å². The topological polar surface area (TPSA) is 50.3 Å². The molecule has 1 saturated heterocycles. The Bertz CT molecular complexity index is 805. The molecule has 110 valence electrons. The normalized spacial score (nSPS) is 24.1. The van der Waals surface area contributed by atoms with E-state index < -0.39 is 0 Å². The van der Waals surface area contributed by atoms with Crippen molar-refractivity contribution in [3.8, 4) is 0 Å². The molecule has 0 radical (unpaired) electrons. The third-order valence-electron chi connectivity index (χ3n) is 4.44. The Kier molecular flexibility index (Phi) is 3.11. The van der Waals surface area contributed by atoms with Crippen LogP contribution in [-0.2, 0) is 9.59 Å².